The number of piperidine rings is 1. The Morgan fingerprint density at radius 1 is 1.30 bits per heavy atom. The molecule has 3 rings (SSSR count). The molecular formula is C17H18F2N4O4. The Kier molecular flexibility index (Phi) is 5.63. The Morgan fingerprint density at radius 3 is 2.59 bits per heavy atom. The van der Waals surface area contributed by atoms with Crippen LogP contribution in [-0.2, 0) is 0 Å². The Bertz CT molecular complexity index is 796. The molecule has 2 aromatic heterocycles. The number of carbonyl (C=O) groups is 1. The highest BCUT2D eigenvalue weighted by molar-refractivity contribution is 5.85. The summed E-state index contributed by atoms with van der Waals surface area (Å²) in [4.78, 5) is 16.7. The summed E-state index contributed by atoms with van der Waals surface area (Å²) in [7, 11) is 1.53. The van der Waals surface area contributed by atoms with Gasteiger partial charge >= 0.3 is 5.97 Å². The van der Waals surface area contributed by atoms with Gasteiger partial charge in [-0.25, -0.2) is 18.6 Å². The number of carboxylic acids is 1. The Labute approximate surface area is 153 Å². The average Bonchev–Trinajstić information content (AvgIpc) is 2.68. The van der Waals surface area contributed by atoms with Gasteiger partial charge in [0, 0.05) is 32.0 Å². The first kappa shape index (κ1) is 18.7. The summed E-state index contributed by atoms with van der Waals surface area (Å²) < 4.78 is 37.5. The molecule has 0 spiro atoms. The van der Waals surface area contributed by atoms with E-state index in [2.05, 4.69) is 15.2 Å². The minimum absolute atomic E-state index is 0.0135. The highest BCUT2D eigenvalue weighted by atomic mass is 19.3. The predicted octanol–water partition coefficient (Wildman–Crippen LogP) is 2.56. The molecule has 0 aromatic carbocycles. The number of aromatic nitrogens is 3. The summed E-state index contributed by atoms with van der Waals surface area (Å²) in [5, 5.41) is 16.2. The van der Waals surface area contributed by atoms with Gasteiger partial charge in [0.2, 0.25) is 5.88 Å². The molecule has 0 unspecified atom stereocenters. The largest absolute Gasteiger partial charge is 0.489 e. The van der Waals surface area contributed by atoms with Crippen LogP contribution in [-0.4, -0.2) is 52.6 Å². The molecule has 2 aromatic rings. The maximum Gasteiger partial charge on any atom is 0.356 e. The van der Waals surface area contributed by atoms with Crippen LogP contribution in [0.25, 0.3) is 0 Å². The normalized spacial score (nSPS) is 15.0. The van der Waals surface area contributed by atoms with Crippen molar-refractivity contribution in [3.05, 3.63) is 35.7 Å². The summed E-state index contributed by atoms with van der Waals surface area (Å²) in [5.41, 5.74) is -0.930. The average molecular weight is 380 g/mol. The van der Waals surface area contributed by atoms with E-state index in [1.54, 1.807) is 23.2 Å². The second kappa shape index (κ2) is 8.11. The fourth-order valence-electron chi connectivity index (χ4n) is 2.85. The molecule has 0 saturated carbocycles. The molecule has 0 atom stereocenters. The van der Waals surface area contributed by atoms with Gasteiger partial charge in [0.25, 0.3) is 6.43 Å². The highest BCUT2D eigenvalue weighted by Crippen LogP contribution is 2.30. The Hall–Kier alpha value is -3.04. The van der Waals surface area contributed by atoms with Crippen molar-refractivity contribution >= 4 is 11.8 Å². The quantitative estimate of drug-likeness (QED) is 0.817. The van der Waals surface area contributed by atoms with Gasteiger partial charge in [-0.05, 0) is 12.1 Å². The van der Waals surface area contributed by atoms with Crippen LogP contribution in [0.4, 0.5) is 14.6 Å². The topological polar surface area (TPSA) is 97.7 Å². The second-order valence-electron chi connectivity index (χ2n) is 5.95. The minimum atomic E-state index is -2.84. The fourth-order valence-corrected chi connectivity index (χ4v) is 2.85. The number of nitrogens with zero attached hydrogens (tertiary/aromatic N) is 4. The Morgan fingerprint density at radius 2 is 2.04 bits per heavy atom. The van der Waals surface area contributed by atoms with Crippen LogP contribution in [0, 0.1) is 0 Å². The lowest BCUT2D eigenvalue weighted by molar-refractivity contribution is 0.0688. The number of anilines is 1. The van der Waals surface area contributed by atoms with Crippen molar-refractivity contribution < 1.29 is 28.2 Å². The number of hydrogen-bond acceptors (Lipinski definition) is 7. The number of halogens is 2. The van der Waals surface area contributed by atoms with Crippen molar-refractivity contribution in [1.29, 1.82) is 0 Å². The van der Waals surface area contributed by atoms with Crippen molar-refractivity contribution in [2.45, 2.75) is 25.4 Å². The lowest BCUT2D eigenvalue weighted by Gasteiger charge is -2.33. The van der Waals surface area contributed by atoms with Crippen LogP contribution >= 0.6 is 0 Å². The second-order valence-corrected chi connectivity index (χ2v) is 5.95. The van der Waals surface area contributed by atoms with Crippen molar-refractivity contribution in [1.82, 2.24) is 15.2 Å². The summed E-state index contributed by atoms with van der Waals surface area (Å²) in [6, 6.07) is 4.32. The van der Waals surface area contributed by atoms with E-state index in [0.29, 0.717) is 37.6 Å². The number of carboxylic acid groups (broad SMARTS) is 1. The highest BCUT2D eigenvalue weighted by Gasteiger charge is 2.27. The van der Waals surface area contributed by atoms with E-state index in [1.165, 1.54) is 7.11 Å². The van der Waals surface area contributed by atoms with Crippen LogP contribution in [0.2, 0.25) is 0 Å². The first-order chi connectivity index (χ1) is 13.0. The zero-order valence-electron chi connectivity index (χ0n) is 14.5. The molecule has 1 N–H and O–H groups in total. The first-order valence-electron chi connectivity index (χ1n) is 8.28. The zero-order chi connectivity index (χ0) is 19.4. The van der Waals surface area contributed by atoms with Gasteiger partial charge in [-0.15, -0.1) is 10.2 Å². The molecule has 144 valence electrons. The van der Waals surface area contributed by atoms with Gasteiger partial charge in [-0.2, -0.15) is 0 Å². The van der Waals surface area contributed by atoms with E-state index in [4.69, 9.17) is 14.6 Å². The van der Waals surface area contributed by atoms with Crippen LogP contribution in [0.15, 0.2) is 24.4 Å². The van der Waals surface area contributed by atoms with Gasteiger partial charge in [-0.1, -0.05) is 0 Å². The molecule has 10 heteroatoms. The number of rotatable bonds is 6. The molecule has 0 amide bonds. The summed E-state index contributed by atoms with van der Waals surface area (Å²) in [6.45, 7) is 0.879. The van der Waals surface area contributed by atoms with Crippen LogP contribution in [0.5, 0.6) is 11.6 Å². The summed E-state index contributed by atoms with van der Waals surface area (Å²) >= 11 is 0. The zero-order valence-corrected chi connectivity index (χ0v) is 14.5. The first-order valence-corrected chi connectivity index (χ1v) is 8.28. The van der Waals surface area contributed by atoms with Gasteiger partial charge in [0.05, 0.1) is 18.9 Å². The lowest BCUT2D eigenvalue weighted by atomic mass is 10.1. The van der Waals surface area contributed by atoms with Crippen molar-refractivity contribution in [3.63, 3.8) is 0 Å². The molecule has 1 fully saturated rings. The SMILES string of the molecule is COc1ccc(OC2CCN(c3nnc(C(=O)O)cc3C(F)F)CC2)cn1. The predicted molar refractivity (Wildman–Crippen MR) is 90.6 cm³/mol. The maximum atomic E-state index is 13.3. The smallest absolute Gasteiger partial charge is 0.356 e. The van der Waals surface area contributed by atoms with E-state index >= 15 is 0 Å². The number of aromatic carboxylic acids is 1. The molecule has 1 saturated heterocycles. The fraction of sp³-hybridized carbons (Fsp3) is 0.412. The van der Waals surface area contributed by atoms with Gasteiger partial charge in [-0.3, -0.25) is 0 Å². The van der Waals surface area contributed by atoms with Crippen LogP contribution in [0.1, 0.15) is 35.3 Å². The van der Waals surface area contributed by atoms with Gasteiger partial charge in [0.15, 0.2) is 11.5 Å². The molecule has 0 aliphatic carbocycles. The van der Waals surface area contributed by atoms with Gasteiger partial charge < -0.3 is 19.5 Å². The maximum absolute atomic E-state index is 13.3. The van der Waals surface area contributed by atoms with E-state index in [-0.39, 0.29) is 11.9 Å². The lowest BCUT2D eigenvalue weighted by Crippen LogP contribution is -2.39. The molecule has 0 radical (unpaired) electrons. The molecule has 1 aliphatic heterocycles. The number of methoxy groups -OCH3 is 1. The Balaban J connectivity index is 1.65. The van der Waals surface area contributed by atoms with Crippen LogP contribution < -0.4 is 14.4 Å². The third-order valence-corrected chi connectivity index (χ3v) is 4.22. The molecule has 27 heavy (non-hydrogen) atoms. The molecule has 1 aliphatic rings. The van der Waals surface area contributed by atoms with Gasteiger partial charge in [0.1, 0.15) is 11.9 Å². The van der Waals surface area contributed by atoms with E-state index in [0.717, 1.165) is 6.07 Å². The molecular weight excluding hydrogens is 362 g/mol. The third-order valence-electron chi connectivity index (χ3n) is 4.22. The third kappa shape index (κ3) is 4.39. The summed E-state index contributed by atoms with van der Waals surface area (Å²) in [6.07, 6.45) is -0.171. The van der Waals surface area contributed by atoms with Crippen LogP contribution in [0.3, 0.4) is 0 Å². The van der Waals surface area contributed by atoms with Crippen molar-refractivity contribution in [2.75, 3.05) is 25.1 Å². The van der Waals surface area contributed by atoms with Crippen molar-refractivity contribution in [2.24, 2.45) is 0 Å². The number of alkyl halides is 2. The number of pyridine rings is 1. The van der Waals surface area contributed by atoms with E-state index < -0.39 is 23.7 Å². The van der Waals surface area contributed by atoms with E-state index in [1.807, 2.05) is 0 Å². The monoisotopic (exact) mass is 380 g/mol. The van der Waals surface area contributed by atoms with E-state index in [9.17, 15) is 13.6 Å². The molecule has 8 nitrogen and oxygen atoms in total. The minimum Gasteiger partial charge on any atom is -0.489 e. The van der Waals surface area contributed by atoms with Crippen molar-refractivity contribution in [3.8, 4) is 11.6 Å². The standard InChI is InChI=1S/C17H18F2N4O4/c1-26-14-3-2-11(9-20-14)27-10-4-6-23(7-5-10)16-12(15(18)19)8-13(17(24)25)21-22-16/h2-3,8-10,15H,4-7H2,1H3,(H,24,25). The number of ether oxygens (including phenoxy) is 2. The molecule has 3 heterocycles. The summed E-state index contributed by atoms with van der Waals surface area (Å²) in [5.74, 6) is -0.288. The molecule has 0 bridgehead atoms. The number of hydrogen-bond donors (Lipinski definition) is 1.